The SMILES string of the molecule is CCCCCN(c1nc(C(=O)O)ccc1[N+](=O)[O-])C(C)C. The maximum Gasteiger partial charge on any atom is 0.354 e. The van der Waals surface area contributed by atoms with Crippen LogP contribution < -0.4 is 4.90 Å². The van der Waals surface area contributed by atoms with Crippen molar-refractivity contribution in [3.8, 4) is 0 Å². The average molecular weight is 295 g/mol. The van der Waals surface area contributed by atoms with E-state index in [1.807, 2.05) is 13.8 Å². The molecule has 1 rings (SSSR count). The lowest BCUT2D eigenvalue weighted by molar-refractivity contribution is -0.384. The molecule has 0 radical (unpaired) electrons. The minimum Gasteiger partial charge on any atom is -0.477 e. The molecule has 0 saturated carbocycles. The van der Waals surface area contributed by atoms with Gasteiger partial charge in [-0.2, -0.15) is 0 Å². The summed E-state index contributed by atoms with van der Waals surface area (Å²) in [5.41, 5.74) is -0.345. The van der Waals surface area contributed by atoms with Gasteiger partial charge in [-0.3, -0.25) is 10.1 Å². The maximum atomic E-state index is 11.2. The van der Waals surface area contributed by atoms with Crippen molar-refractivity contribution in [2.24, 2.45) is 0 Å². The molecule has 116 valence electrons. The Hall–Kier alpha value is -2.18. The minimum absolute atomic E-state index is 0.00268. The van der Waals surface area contributed by atoms with E-state index < -0.39 is 10.9 Å². The van der Waals surface area contributed by atoms with Crippen molar-refractivity contribution in [1.82, 2.24) is 4.98 Å². The summed E-state index contributed by atoms with van der Waals surface area (Å²) >= 11 is 0. The van der Waals surface area contributed by atoms with Crippen molar-refractivity contribution in [2.75, 3.05) is 11.4 Å². The van der Waals surface area contributed by atoms with Crippen LogP contribution in [0.15, 0.2) is 12.1 Å². The van der Waals surface area contributed by atoms with Crippen molar-refractivity contribution in [2.45, 2.75) is 46.1 Å². The molecule has 0 saturated heterocycles. The molecule has 0 unspecified atom stereocenters. The van der Waals surface area contributed by atoms with E-state index in [1.165, 1.54) is 6.07 Å². The zero-order valence-electron chi connectivity index (χ0n) is 12.6. The van der Waals surface area contributed by atoms with Gasteiger partial charge in [-0.05, 0) is 26.3 Å². The summed E-state index contributed by atoms with van der Waals surface area (Å²) in [6, 6.07) is 2.37. The monoisotopic (exact) mass is 295 g/mol. The number of aromatic carboxylic acids is 1. The molecular formula is C14H21N3O4. The van der Waals surface area contributed by atoms with Gasteiger partial charge < -0.3 is 10.0 Å². The van der Waals surface area contributed by atoms with Crippen LogP contribution in [0.1, 0.15) is 50.5 Å². The fourth-order valence-electron chi connectivity index (χ4n) is 2.05. The summed E-state index contributed by atoms with van der Waals surface area (Å²) in [7, 11) is 0. The Morgan fingerprint density at radius 2 is 2.10 bits per heavy atom. The molecule has 0 bridgehead atoms. The summed E-state index contributed by atoms with van der Waals surface area (Å²) in [6.07, 6.45) is 2.93. The van der Waals surface area contributed by atoms with E-state index in [-0.39, 0.29) is 23.2 Å². The Balaban J connectivity index is 3.22. The van der Waals surface area contributed by atoms with Crippen LogP contribution in [0.25, 0.3) is 0 Å². The normalized spacial score (nSPS) is 10.7. The van der Waals surface area contributed by atoms with Crippen molar-refractivity contribution in [1.29, 1.82) is 0 Å². The lowest BCUT2D eigenvalue weighted by Crippen LogP contribution is -2.33. The molecule has 0 aliphatic carbocycles. The van der Waals surface area contributed by atoms with Crippen LogP contribution in [0.4, 0.5) is 11.5 Å². The first-order valence-electron chi connectivity index (χ1n) is 7.03. The quantitative estimate of drug-likeness (QED) is 0.449. The van der Waals surface area contributed by atoms with Crippen LogP contribution in [-0.2, 0) is 0 Å². The Morgan fingerprint density at radius 3 is 2.57 bits per heavy atom. The highest BCUT2D eigenvalue weighted by molar-refractivity contribution is 5.86. The number of anilines is 1. The van der Waals surface area contributed by atoms with Crippen LogP contribution >= 0.6 is 0 Å². The molecule has 0 atom stereocenters. The van der Waals surface area contributed by atoms with Crippen LogP contribution in [0, 0.1) is 10.1 Å². The number of hydrogen-bond donors (Lipinski definition) is 1. The predicted octanol–water partition coefficient (Wildman–Crippen LogP) is 3.09. The van der Waals surface area contributed by atoms with Crippen LogP contribution in [0.3, 0.4) is 0 Å². The summed E-state index contributed by atoms with van der Waals surface area (Å²) in [5.74, 6) is -1.06. The molecule has 0 spiro atoms. The van der Waals surface area contributed by atoms with Crippen molar-refractivity contribution >= 4 is 17.5 Å². The number of rotatable bonds is 8. The first kappa shape index (κ1) is 16.9. The summed E-state index contributed by atoms with van der Waals surface area (Å²) in [6.45, 7) is 6.50. The standard InChI is InChI=1S/C14H21N3O4/c1-4-5-6-9-16(10(2)3)13-12(17(20)21)8-7-11(15-13)14(18)19/h7-8,10H,4-6,9H2,1-3H3,(H,18,19). The van der Waals surface area contributed by atoms with E-state index in [9.17, 15) is 14.9 Å². The van der Waals surface area contributed by atoms with Gasteiger partial charge in [-0.25, -0.2) is 9.78 Å². The molecule has 1 aromatic rings. The molecule has 0 aliphatic heterocycles. The molecule has 0 amide bonds. The van der Waals surface area contributed by atoms with Crippen LogP contribution in [0.2, 0.25) is 0 Å². The number of aromatic nitrogens is 1. The molecule has 1 heterocycles. The lowest BCUT2D eigenvalue weighted by Gasteiger charge is -2.27. The van der Waals surface area contributed by atoms with E-state index in [1.54, 1.807) is 4.90 Å². The fraction of sp³-hybridized carbons (Fsp3) is 0.571. The van der Waals surface area contributed by atoms with Crippen molar-refractivity contribution < 1.29 is 14.8 Å². The number of nitrogens with zero attached hydrogens (tertiary/aromatic N) is 3. The van der Waals surface area contributed by atoms with Crippen molar-refractivity contribution in [3.63, 3.8) is 0 Å². The maximum absolute atomic E-state index is 11.2. The smallest absolute Gasteiger partial charge is 0.354 e. The van der Waals surface area contributed by atoms with Gasteiger partial charge in [-0.1, -0.05) is 19.8 Å². The van der Waals surface area contributed by atoms with Gasteiger partial charge >= 0.3 is 11.7 Å². The average Bonchev–Trinajstić information content (AvgIpc) is 2.42. The van der Waals surface area contributed by atoms with Crippen LogP contribution in [-0.4, -0.2) is 33.6 Å². The molecule has 1 N–H and O–H groups in total. The number of unbranched alkanes of at least 4 members (excludes halogenated alkanes) is 2. The Kier molecular flexibility index (Phi) is 6.08. The van der Waals surface area contributed by atoms with E-state index in [4.69, 9.17) is 5.11 Å². The largest absolute Gasteiger partial charge is 0.477 e. The third-order valence-corrected chi connectivity index (χ3v) is 3.17. The molecule has 7 heteroatoms. The Labute approximate surface area is 123 Å². The molecule has 0 fully saturated rings. The van der Waals surface area contributed by atoms with Gasteiger partial charge in [0.05, 0.1) is 4.92 Å². The number of pyridine rings is 1. The first-order chi connectivity index (χ1) is 9.88. The Morgan fingerprint density at radius 1 is 1.43 bits per heavy atom. The molecule has 7 nitrogen and oxygen atoms in total. The molecule has 0 aliphatic rings. The molecule has 1 aromatic heterocycles. The zero-order valence-corrected chi connectivity index (χ0v) is 12.6. The molecule has 0 aromatic carbocycles. The molecular weight excluding hydrogens is 274 g/mol. The summed E-state index contributed by atoms with van der Waals surface area (Å²) in [4.78, 5) is 27.4. The Bertz CT molecular complexity index is 517. The number of carboxylic acid groups (broad SMARTS) is 1. The third kappa shape index (κ3) is 4.40. The highest BCUT2D eigenvalue weighted by atomic mass is 16.6. The minimum atomic E-state index is -1.19. The van der Waals surface area contributed by atoms with Gasteiger partial charge in [0.1, 0.15) is 0 Å². The van der Waals surface area contributed by atoms with Gasteiger partial charge in [0, 0.05) is 18.7 Å². The van der Waals surface area contributed by atoms with E-state index in [0.29, 0.717) is 6.54 Å². The number of carboxylic acids is 1. The number of nitro groups is 1. The fourth-order valence-corrected chi connectivity index (χ4v) is 2.05. The van der Waals surface area contributed by atoms with Crippen LogP contribution in [0.5, 0.6) is 0 Å². The second-order valence-electron chi connectivity index (χ2n) is 5.10. The van der Waals surface area contributed by atoms with Gasteiger partial charge in [0.25, 0.3) is 0 Å². The van der Waals surface area contributed by atoms with Gasteiger partial charge in [0.2, 0.25) is 5.82 Å². The van der Waals surface area contributed by atoms with Gasteiger partial charge in [-0.15, -0.1) is 0 Å². The molecule has 21 heavy (non-hydrogen) atoms. The second kappa shape index (κ2) is 7.56. The lowest BCUT2D eigenvalue weighted by atomic mass is 10.2. The van der Waals surface area contributed by atoms with Gasteiger partial charge in [0.15, 0.2) is 5.69 Å². The topological polar surface area (TPSA) is 96.6 Å². The summed E-state index contributed by atoms with van der Waals surface area (Å²) in [5, 5.41) is 20.2. The second-order valence-corrected chi connectivity index (χ2v) is 5.10. The highest BCUT2D eigenvalue weighted by Crippen LogP contribution is 2.28. The zero-order chi connectivity index (χ0) is 16.0. The van der Waals surface area contributed by atoms with E-state index in [2.05, 4.69) is 11.9 Å². The van der Waals surface area contributed by atoms with Crippen molar-refractivity contribution in [3.05, 3.63) is 27.9 Å². The highest BCUT2D eigenvalue weighted by Gasteiger charge is 2.24. The third-order valence-electron chi connectivity index (χ3n) is 3.17. The first-order valence-corrected chi connectivity index (χ1v) is 7.03. The number of hydrogen-bond acceptors (Lipinski definition) is 5. The number of carbonyl (C=O) groups is 1. The van der Waals surface area contributed by atoms with E-state index >= 15 is 0 Å². The summed E-state index contributed by atoms with van der Waals surface area (Å²) < 4.78 is 0. The van der Waals surface area contributed by atoms with E-state index in [0.717, 1.165) is 25.3 Å². The predicted molar refractivity (Wildman–Crippen MR) is 79.9 cm³/mol.